The van der Waals surface area contributed by atoms with Gasteiger partial charge in [0.1, 0.15) is 48.5 Å². The molecule has 0 aliphatic carbocycles. The van der Waals surface area contributed by atoms with Crippen LogP contribution in [0.25, 0.3) is 22.2 Å². The van der Waals surface area contributed by atoms with Gasteiger partial charge in [-0.2, -0.15) is 0 Å². The number of benzene rings is 1. The molecule has 3 aliphatic heterocycles. The lowest BCUT2D eigenvalue weighted by Gasteiger charge is -2.26. The van der Waals surface area contributed by atoms with Crippen LogP contribution in [0.1, 0.15) is 12.5 Å². The van der Waals surface area contributed by atoms with Crippen molar-refractivity contribution >= 4 is 43.7 Å². The molecule has 3 aliphatic rings. The first-order valence-corrected chi connectivity index (χ1v) is 15.8. The number of nitrogen functional groups attached to an aromatic ring is 1. The van der Waals surface area contributed by atoms with Gasteiger partial charge in [0.25, 0.3) is 0 Å². The molecule has 3 saturated heterocycles. The summed E-state index contributed by atoms with van der Waals surface area (Å²) in [6, 6.07) is 6.93. The van der Waals surface area contributed by atoms with E-state index in [1.807, 2.05) is 0 Å². The summed E-state index contributed by atoms with van der Waals surface area (Å²) < 4.78 is 61.9. The SMILES string of the molecule is Nc1ncnc2c1ncn2[C@@H]1O[C@@H]2COP(=O)(O)OC3C(O)[C@@H](COP(=O)(O)OC1C2O)O[C@H]3n1cnc2ccccc21. The highest BCUT2D eigenvalue weighted by Crippen LogP contribution is 2.53. The molecular weight excluding hydrogens is 616 g/mol. The predicted molar refractivity (Wildman–Crippen MR) is 141 cm³/mol. The summed E-state index contributed by atoms with van der Waals surface area (Å²) in [6.45, 7) is -1.46. The fourth-order valence-electron chi connectivity index (χ4n) is 5.33. The van der Waals surface area contributed by atoms with Crippen LogP contribution >= 0.6 is 15.6 Å². The predicted octanol–water partition coefficient (Wildman–Crippen LogP) is -0.00700. The summed E-state index contributed by atoms with van der Waals surface area (Å²) in [4.78, 5) is 37.7. The van der Waals surface area contributed by atoms with Crippen molar-refractivity contribution in [2.45, 2.75) is 49.1 Å². The van der Waals surface area contributed by atoms with Gasteiger partial charge in [-0.1, -0.05) is 12.1 Å². The highest BCUT2D eigenvalue weighted by atomic mass is 31.2. The summed E-state index contributed by atoms with van der Waals surface area (Å²) in [5.74, 6) is 0.0446. The molecule has 1 aromatic carbocycles. The van der Waals surface area contributed by atoms with Gasteiger partial charge >= 0.3 is 15.6 Å². The lowest BCUT2D eigenvalue weighted by molar-refractivity contribution is -0.0674. The van der Waals surface area contributed by atoms with Gasteiger partial charge in [-0.15, -0.1) is 0 Å². The fraction of sp³-hybridized carbons (Fsp3) is 0.455. The second-order valence-electron chi connectivity index (χ2n) is 10.0. The van der Waals surface area contributed by atoms with E-state index >= 15 is 0 Å². The monoisotopic (exact) mass is 641 g/mol. The van der Waals surface area contributed by atoms with Gasteiger partial charge in [0, 0.05) is 0 Å². The fourth-order valence-corrected chi connectivity index (χ4v) is 7.19. The minimum Gasteiger partial charge on any atom is -0.387 e. The Hall–Kier alpha value is -2.90. The molecule has 3 fully saturated rings. The molecule has 0 saturated carbocycles. The Labute approximate surface area is 240 Å². The Kier molecular flexibility index (Phi) is 7.13. The van der Waals surface area contributed by atoms with E-state index in [0.29, 0.717) is 11.0 Å². The van der Waals surface area contributed by atoms with E-state index in [9.17, 15) is 29.1 Å². The molecule has 6 unspecified atom stereocenters. The Morgan fingerprint density at radius 2 is 1.40 bits per heavy atom. The number of para-hydroxylation sites is 2. The van der Waals surface area contributed by atoms with Gasteiger partial charge in [0.15, 0.2) is 23.9 Å². The second kappa shape index (κ2) is 10.6. The largest absolute Gasteiger partial charge is 0.472 e. The standard InChI is InChI=1S/C22H25N7O12P2/c23-19-14-20(25-7-24-19)29(9-27-14)22-18-16(31)13(39-22)6-37-42(32,33)40-17-15(30)12(5-36-43(34,35)41-18)38-21(17)28-8-26-10-3-1-2-4-11(10)28/h1-4,7-9,12-13,15-18,21-22,30-31H,5-6H2,(H,32,33)(H,34,35)(H2,23,24,25)/t12-,13-,15?,16?,17?,18?,21-,22-/m1/s1. The summed E-state index contributed by atoms with van der Waals surface area (Å²) in [6.07, 6.45) is -7.96. The number of hydrogen-bond donors (Lipinski definition) is 5. The van der Waals surface area contributed by atoms with Crippen LogP contribution in [0, 0.1) is 0 Å². The number of hydrogen-bond acceptors (Lipinski definition) is 15. The van der Waals surface area contributed by atoms with E-state index < -0.39 is 77.9 Å². The van der Waals surface area contributed by atoms with Crippen LogP contribution in [0.15, 0.2) is 43.2 Å². The maximum absolute atomic E-state index is 13.1. The number of anilines is 1. The van der Waals surface area contributed by atoms with E-state index in [-0.39, 0.29) is 17.0 Å². The summed E-state index contributed by atoms with van der Waals surface area (Å²) in [5, 5.41) is 22.1. The molecule has 10 atom stereocenters. The van der Waals surface area contributed by atoms with Gasteiger partial charge in [-0.25, -0.2) is 29.1 Å². The first-order chi connectivity index (χ1) is 20.5. The molecule has 0 amide bonds. The van der Waals surface area contributed by atoms with E-state index in [4.69, 9.17) is 33.3 Å². The van der Waals surface area contributed by atoms with Gasteiger partial charge in [-0.3, -0.25) is 22.7 Å². The number of imidazole rings is 2. The zero-order valence-corrected chi connectivity index (χ0v) is 23.6. The number of aromatic nitrogens is 6. The van der Waals surface area contributed by atoms with E-state index in [2.05, 4.69) is 19.9 Å². The molecular formula is C22H25N7O12P2. The van der Waals surface area contributed by atoms with Gasteiger partial charge in [0.2, 0.25) is 0 Å². The first kappa shape index (κ1) is 28.8. The van der Waals surface area contributed by atoms with Crippen molar-refractivity contribution < 1.29 is 56.7 Å². The molecule has 0 radical (unpaired) electrons. The molecule has 19 nitrogen and oxygen atoms in total. The number of phosphoric ester groups is 2. The smallest absolute Gasteiger partial charge is 0.387 e. The number of phosphoric acid groups is 2. The third kappa shape index (κ3) is 5.16. The second-order valence-corrected chi connectivity index (χ2v) is 12.8. The molecule has 21 heteroatoms. The van der Waals surface area contributed by atoms with Crippen molar-refractivity contribution in [1.29, 1.82) is 0 Å². The van der Waals surface area contributed by atoms with Crippen molar-refractivity contribution in [3.05, 3.63) is 43.2 Å². The molecule has 7 rings (SSSR count). The van der Waals surface area contributed by atoms with Crippen LogP contribution in [0.2, 0.25) is 0 Å². The maximum Gasteiger partial charge on any atom is 0.472 e. The highest BCUT2D eigenvalue weighted by molar-refractivity contribution is 7.47. The van der Waals surface area contributed by atoms with Crippen molar-refractivity contribution in [3.63, 3.8) is 0 Å². The number of rotatable bonds is 2. The Morgan fingerprint density at radius 1 is 0.814 bits per heavy atom. The lowest BCUT2D eigenvalue weighted by Crippen LogP contribution is -2.38. The van der Waals surface area contributed by atoms with Crippen LogP contribution in [0.4, 0.5) is 5.82 Å². The normalized spacial score (nSPS) is 38.9. The van der Waals surface area contributed by atoms with Crippen LogP contribution < -0.4 is 5.73 Å². The number of aliphatic hydroxyl groups is 2. The van der Waals surface area contributed by atoms with Crippen LogP contribution in [0.3, 0.4) is 0 Å². The average molecular weight is 641 g/mol. The molecule has 4 bridgehead atoms. The van der Waals surface area contributed by atoms with E-state index in [1.54, 1.807) is 24.3 Å². The summed E-state index contributed by atoms with van der Waals surface area (Å²) >= 11 is 0. The zero-order valence-electron chi connectivity index (χ0n) is 21.8. The minimum absolute atomic E-state index is 0.0446. The number of ether oxygens (including phenoxy) is 2. The lowest BCUT2D eigenvalue weighted by atomic mass is 10.1. The van der Waals surface area contributed by atoms with Crippen molar-refractivity contribution in [2.24, 2.45) is 0 Å². The van der Waals surface area contributed by atoms with Crippen LogP contribution in [0.5, 0.6) is 0 Å². The molecule has 4 aromatic rings. The number of nitrogens with two attached hydrogens (primary N) is 1. The minimum atomic E-state index is -4.99. The Balaban J connectivity index is 1.22. The molecule has 0 spiro atoms. The molecule has 3 aromatic heterocycles. The first-order valence-electron chi connectivity index (χ1n) is 12.8. The third-order valence-electron chi connectivity index (χ3n) is 7.36. The molecule has 6 heterocycles. The topological polar surface area (TPSA) is 258 Å². The summed E-state index contributed by atoms with van der Waals surface area (Å²) in [7, 11) is -9.95. The molecule has 43 heavy (non-hydrogen) atoms. The summed E-state index contributed by atoms with van der Waals surface area (Å²) in [5.41, 5.74) is 7.31. The van der Waals surface area contributed by atoms with E-state index in [0.717, 1.165) is 6.33 Å². The average Bonchev–Trinajstić information content (AvgIpc) is 3.72. The van der Waals surface area contributed by atoms with Crippen molar-refractivity contribution in [2.75, 3.05) is 18.9 Å². The Bertz CT molecular complexity index is 1770. The van der Waals surface area contributed by atoms with Gasteiger partial charge < -0.3 is 39.8 Å². The third-order valence-corrected chi connectivity index (χ3v) is 9.33. The number of aliphatic hydroxyl groups excluding tert-OH is 2. The molecule has 230 valence electrons. The highest BCUT2D eigenvalue weighted by Gasteiger charge is 2.53. The Morgan fingerprint density at radius 3 is 2.05 bits per heavy atom. The van der Waals surface area contributed by atoms with Crippen molar-refractivity contribution in [3.8, 4) is 0 Å². The number of nitrogens with zero attached hydrogens (tertiary/aromatic N) is 6. The maximum atomic E-state index is 13.1. The zero-order chi connectivity index (χ0) is 30.1. The van der Waals surface area contributed by atoms with Crippen LogP contribution in [-0.2, 0) is 36.7 Å². The number of fused-ring (bicyclic) bond motifs is 6. The molecule has 6 N–H and O–H groups in total. The quantitative estimate of drug-likeness (QED) is 0.180. The van der Waals surface area contributed by atoms with Crippen molar-refractivity contribution in [1.82, 2.24) is 29.1 Å². The van der Waals surface area contributed by atoms with Crippen LogP contribution in [-0.4, -0.2) is 98.9 Å². The van der Waals surface area contributed by atoms with Gasteiger partial charge in [-0.05, 0) is 12.1 Å². The van der Waals surface area contributed by atoms with Gasteiger partial charge in [0.05, 0.1) is 36.9 Å². The van der Waals surface area contributed by atoms with E-state index in [1.165, 1.54) is 21.8 Å².